The molecule has 98 valence electrons. The Morgan fingerprint density at radius 3 is 2.72 bits per heavy atom. The second-order valence-corrected chi connectivity index (χ2v) is 3.84. The highest BCUT2D eigenvalue weighted by molar-refractivity contribution is 5.79. The van der Waals surface area contributed by atoms with Crippen molar-refractivity contribution in [3.05, 3.63) is 18.2 Å². The molecule has 0 aliphatic heterocycles. The van der Waals surface area contributed by atoms with Crippen LogP contribution in [0.4, 0.5) is 19.1 Å². The molecule has 2 rings (SSSR count). The zero-order valence-electron chi connectivity index (χ0n) is 9.66. The lowest BCUT2D eigenvalue weighted by atomic mass is 10.3. The van der Waals surface area contributed by atoms with Crippen molar-refractivity contribution in [2.75, 3.05) is 12.8 Å². The fraction of sp³-hybridized carbons (Fsp3) is 0.364. The highest BCUT2D eigenvalue weighted by Crippen LogP contribution is 2.26. The van der Waals surface area contributed by atoms with Gasteiger partial charge in [-0.05, 0) is 12.1 Å². The second kappa shape index (κ2) is 4.40. The van der Waals surface area contributed by atoms with Gasteiger partial charge in [-0.3, -0.25) is 0 Å². The molecular weight excluding hydrogens is 247 g/mol. The van der Waals surface area contributed by atoms with Gasteiger partial charge in [0, 0.05) is 12.6 Å². The molecule has 0 unspecified atom stereocenters. The third-order valence-corrected chi connectivity index (χ3v) is 2.60. The van der Waals surface area contributed by atoms with E-state index in [-0.39, 0.29) is 12.5 Å². The first kappa shape index (κ1) is 12.5. The van der Waals surface area contributed by atoms with Crippen LogP contribution in [0.2, 0.25) is 0 Å². The van der Waals surface area contributed by atoms with Crippen LogP contribution in [0.3, 0.4) is 0 Å². The Hall–Kier alpha value is -1.92. The maximum Gasteiger partial charge on any atom is 0.390 e. The van der Waals surface area contributed by atoms with Crippen molar-refractivity contribution in [1.82, 2.24) is 9.55 Å². The van der Waals surface area contributed by atoms with E-state index in [1.807, 2.05) is 0 Å². The number of aryl methyl sites for hydroxylation is 1. The van der Waals surface area contributed by atoms with Crippen LogP contribution in [0, 0.1) is 0 Å². The summed E-state index contributed by atoms with van der Waals surface area (Å²) in [6.07, 6.45) is -5.16. The fourth-order valence-corrected chi connectivity index (χ4v) is 1.72. The molecule has 1 aromatic heterocycles. The summed E-state index contributed by atoms with van der Waals surface area (Å²) < 4.78 is 43.0. The van der Waals surface area contributed by atoms with Crippen LogP contribution < -0.4 is 10.5 Å². The van der Waals surface area contributed by atoms with Gasteiger partial charge >= 0.3 is 6.18 Å². The Labute approximate surface area is 101 Å². The molecule has 0 atom stereocenters. The number of benzene rings is 1. The van der Waals surface area contributed by atoms with Crippen molar-refractivity contribution in [3.63, 3.8) is 0 Å². The molecule has 2 aromatic rings. The lowest BCUT2D eigenvalue weighted by molar-refractivity contribution is -0.136. The minimum Gasteiger partial charge on any atom is -0.497 e. The number of methoxy groups -OCH3 is 1. The number of anilines is 1. The zero-order valence-corrected chi connectivity index (χ0v) is 9.66. The molecule has 4 nitrogen and oxygen atoms in total. The smallest absolute Gasteiger partial charge is 0.390 e. The molecule has 0 bridgehead atoms. The first-order valence-electron chi connectivity index (χ1n) is 5.27. The van der Waals surface area contributed by atoms with E-state index in [1.165, 1.54) is 11.7 Å². The predicted molar refractivity (Wildman–Crippen MR) is 61.4 cm³/mol. The monoisotopic (exact) mass is 259 g/mol. The summed E-state index contributed by atoms with van der Waals surface area (Å²) in [6.45, 7) is -0.251. The number of ether oxygens (including phenoxy) is 1. The molecule has 0 amide bonds. The molecule has 0 aliphatic rings. The Morgan fingerprint density at radius 2 is 2.11 bits per heavy atom. The van der Waals surface area contributed by atoms with Gasteiger partial charge in [-0.2, -0.15) is 13.2 Å². The average molecular weight is 259 g/mol. The van der Waals surface area contributed by atoms with Crippen LogP contribution in [0.25, 0.3) is 11.0 Å². The number of imidazole rings is 1. The number of halogens is 3. The summed E-state index contributed by atoms with van der Waals surface area (Å²) in [5.41, 5.74) is 6.71. The van der Waals surface area contributed by atoms with E-state index in [0.29, 0.717) is 16.8 Å². The molecule has 0 saturated heterocycles. The third kappa shape index (κ3) is 2.49. The van der Waals surface area contributed by atoms with Crippen molar-refractivity contribution in [1.29, 1.82) is 0 Å². The molecule has 0 radical (unpaired) electrons. The van der Waals surface area contributed by atoms with Gasteiger partial charge in [-0.1, -0.05) is 0 Å². The fourth-order valence-electron chi connectivity index (χ4n) is 1.72. The Balaban J connectivity index is 2.39. The molecule has 7 heteroatoms. The number of rotatable bonds is 3. The van der Waals surface area contributed by atoms with Crippen molar-refractivity contribution < 1.29 is 17.9 Å². The van der Waals surface area contributed by atoms with Crippen LogP contribution in [0.1, 0.15) is 6.42 Å². The van der Waals surface area contributed by atoms with Crippen LogP contribution in [-0.2, 0) is 6.54 Å². The highest BCUT2D eigenvalue weighted by atomic mass is 19.4. The predicted octanol–water partition coefficient (Wildman–Crippen LogP) is 2.58. The van der Waals surface area contributed by atoms with E-state index in [1.54, 1.807) is 18.2 Å². The lowest BCUT2D eigenvalue weighted by Crippen LogP contribution is -2.13. The number of nitrogens with zero attached hydrogens (tertiary/aromatic N) is 2. The minimum atomic E-state index is -4.22. The lowest BCUT2D eigenvalue weighted by Gasteiger charge is -2.09. The quantitative estimate of drug-likeness (QED) is 0.921. The second-order valence-electron chi connectivity index (χ2n) is 3.84. The molecule has 18 heavy (non-hydrogen) atoms. The summed E-state index contributed by atoms with van der Waals surface area (Å²) in [7, 11) is 1.49. The van der Waals surface area contributed by atoms with E-state index >= 15 is 0 Å². The minimum absolute atomic E-state index is 0.0718. The molecular formula is C11H12F3N3O. The van der Waals surface area contributed by atoms with Crippen molar-refractivity contribution in [3.8, 4) is 5.75 Å². The van der Waals surface area contributed by atoms with E-state index in [2.05, 4.69) is 4.98 Å². The van der Waals surface area contributed by atoms with Gasteiger partial charge in [0.05, 0.1) is 24.6 Å². The van der Waals surface area contributed by atoms with Gasteiger partial charge in [-0.25, -0.2) is 4.98 Å². The summed E-state index contributed by atoms with van der Waals surface area (Å²) in [5.74, 6) is 0.623. The standard InChI is InChI=1S/C11H12F3N3O/c1-18-7-2-3-8-9(6-7)17(10(15)16-8)5-4-11(12,13)14/h2-3,6H,4-5H2,1H3,(H2,15,16). The summed E-state index contributed by atoms with van der Waals surface area (Å²) in [4.78, 5) is 4.01. The Morgan fingerprint density at radius 1 is 1.39 bits per heavy atom. The molecule has 0 saturated carbocycles. The number of aromatic nitrogens is 2. The number of alkyl halides is 3. The summed E-state index contributed by atoms with van der Waals surface area (Å²) in [6, 6.07) is 4.96. The van der Waals surface area contributed by atoms with Crippen LogP contribution in [0.5, 0.6) is 5.75 Å². The van der Waals surface area contributed by atoms with Crippen molar-refractivity contribution in [2.45, 2.75) is 19.1 Å². The summed E-state index contributed by atoms with van der Waals surface area (Å²) >= 11 is 0. The SMILES string of the molecule is COc1ccc2nc(N)n(CCC(F)(F)F)c2c1. The van der Waals surface area contributed by atoms with Crippen LogP contribution in [0.15, 0.2) is 18.2 Å². The average Bonchev–Trinajstić information content (AvgIpc) is 2.60. The molecule has 2 N–H and O–H groups in total. The maximum atomic E-state index is 12.2. The maximum absolute atomic E-state index is 12.2. The van der Waals surface area contributed by atoms with Crippen molar-refractivity contribution in [2.24, 2.45) is 0 Å². The van der Waals surface area contributed by atoms with E-state index in [4.69, 9.17) is 10.5 Å². The summed E-state index contributed by atoms with van der Waals surface area (Å²) in [5, 5.41) is 0. The number of hydrogen-bond donors (Lipinski definition) is 1. The Kier molecular flexibility index (Phi) is 3.06. The molecule has 0 fully saturated rings. The highest BCUT2D eigenvalue weighted by Gasteiger charge is 2.27. The number of nitrogen functional groups attached to an aromatic ring is 1. The third-order valence-electron chi connectivity index (χ3n) is 2.60. The van der Waals surface area contributed by atoms with E-state index in [9.17, 15) is 13.2 Å². The van der Waals surface area contributed by atoms with Gasteiger partial charge in [0.25, 0.3) is 0 Å². The number of nitrogens with two attached hydrogens (primary N) is 1. The van der Waals surface area contributed by atoms with Gasteiger partial charge < -0.3 is 15.0 Å². The van der Waals surface area contributed by atoms with E-state index < -0.39 is 12.6 Å². The Bertz CT molecular complexity index is 562. The van der Waals surface area contributed by atoms with Gasteiger partial charge in [0.1, 0.15) is 5.75 Å². The van der Waals surface area contributed by atoms with Gasteiger partial charge in [0.15, 0.2) is 0 Å². The van der Waals surface area contributed by atoms with E-state index in [0.717, 1.165) is 0 Å². The van der Waals surface area contributed by atoms with Crippen molar-refractivity contribution >= 4 is 17.0 Å². The molecule has 1 aromatic carbocycles. The molecule has 1 heterocycles. The van der Waals surface area contributed by atoms with Gasteiger partial charge in [-0.15, -0.1) is 0 Å². The first-order chi connectivity index (χ1) is 8.40. The van der Waals surface area contributed by atoms with Gasteiger partial charge in [0.2, 0.25) is 5.95 Å². The number of fused-ring (bicyclic) bond motifs is 1. The molecule has 0 spiro atoms. The largest absolute Gasteiger partial charge is 0.497 e. The number of hydrogen-bond acceptors (Lipinski definition) is 3. The van der Waals surface area contributed by atoms with Crippen LogP contribution >= 0.6 is 0 Å². The topological polar surface area (TPSA) is 53.1 Å². The molecule has 0 aliphatic carbocycles. The van der Waals surface area contributed by atoms with Crippen LogP contribution in [-0.4, -0.2) is 22.8 Å². The normalized spacial score (nSPS) is 12.0. The zero-order chi connectivity index (χ0) is 13.3. The first-order valence-corrected chi connectivity index (χ1v) is 5.27.